The van der Waals surface area contributed by atoms with Crippen LogP contribution in [-0.4, -0.2) is 46.6 Å². The normalized spacial score (nSPS) is 16.1. The van der Waals surface area contributed by atoms with E-state index in [2.05, 4.69) is 20.2 Å². The summed E-state index contributed by atoms with van der Waals surface area (Å²) in [4.78, 5) is 35.1. The Bertz CT molecular complexity index is 1310. The Balaban J connectivity index is 1.10. The van der Waals surface area contributed by atoms with E-state index in [-0.39, 0.29) is 5.91 Å². The van der Waals surface area contributed by atoms with Crippen LogP contribution in [0.15, 0.2) is 77.5 Å². The smallest absolute Gasteiger partial charge is 0.335 e. The number of thiazole rings is 1. The lowest BCUT2D eigenvalue weighted by atomic mass is 9.97. The third-order valence-electron chi connectivity index (χ3n) is 6.54. The third kappa shape index (κ3) is 6.24. The number of carbonyl (C=O) groups is 2. The zero-order chi connectivity index (χ0) is 25.6. The number of piperidine rings is 1. The van der Waals surface area contributed by atoms with Gasteiger partial charge in [0.2, 0.25) is 0 Å². The number of carbonyl (C=O) groups excluding carboxylic acids is 1. The van der Waals surface area contributed by atoms with Gasteiger partial charge in [0.05, 0.1) is 35.5 Å². The van der Waals surface area contributed by atoms with Crippen molar-refractivity contribution in [2.45, 2.75) is 25.7 Å². The fraction of sp³-hybridized carbons (Fsp3) is 0.286. The molecular formula is C28H28N4O4S. The van der Waals surface area contributed by atoms with Crippen LogP contribution in [0.2, 0.25) is 0 Å². The highest BCUT2D eigenvalue weighted by atomic mass is 32.1. The molecule has 190 valence electrons. The van der Waals surface area contributed by atoms with Crippen LogP contribution in [-0.2, 0) is 9.53 Å². The lowest BCUT2D eigenvalue weighted by Crippen LogP contribution is -2.35. The van der Waals surface area contributed by atoms with Crippen LogP contribution in [0.4, 0.5) is 11.5 Å². The average molecular weight is 517 g/mol. The second-order valence-corrected chi connectivity index (χ2v) is 9.98. The van der Waals surface area contributed by atoms with E-state index in [1.807, 2.05) is 47.8 Å². The second-order valence-electron chi connectivity index (χ2n) is 9.12. The first-order valence-corrected chi connectivity index (χ1v) is 13.2. The van der Waals surface area contributed by atoms with Crippen molar-refractivity contribution >= 4 is 34.7 Å². The summed E-state index contributed by atoms with van der Waals surface area (Å²) in [5.74, 6) is 0.906. The molecule has 2 N–H and O–H groups in total. The molecule has 1 saturated heterocycles. The van der Waals surface area contributed by atoms with Crippen molar-refractivity contribution in [3.63, 3.8) is 0 Å². The Morgan fingerprint density at radius 1 is 1.14 bits per heavy atom. The quantitative estimate of drug-likeness (QED) is 0.414. The zero-order valence-corrected chi connectivity index (χ0v) is 21.1. The number of allylic oxidation sites excluding steroid dienone is 2. The number of nitrogens with one attached hydrogen (secondary N) is 1. The number of ether oxygens (including phenoxy) is 1. The molecule has 5 rings (SSSR count). The number of pyridine rings is 1. The van der Waals surface area contributed by atoms with E-state index in [4.69, 9.17) is 9.84 Å². The maximum atomic E-state index is 12.7. The van der Waals surface area contributed by atoms with E-state index in [0.29, 0.717) is 35.2 Å². The van der Waals surface area contributed by atoms with Gasteiger partial charge in [0.25, 0.3) is 5.91 Å². The van der Waals surface area contributed by atoms with Gasteiger partial charge >= 0.3 is 5.97 Å². The van der Waals surface area contributed by atoms with Gasteiger partial charge in [-0.05, 0) is 43.4 Å². The zero-order valence-electron chi connectivity index (χ0n) is 20.3. The molecule has 3 heterocycles. The summed E-state index contributed by atoms with van der Waals surface area (Å²) < 4.78 is 5.94. The highest BCUT2D eigenvalue weighted by molar-refractivity contribution is 7.12. The number of hydrogen-bond donors (Lipinski definition) is 2. The minimum Gasteiger partial charge on any atom is -0.498 e. The van der Waals surface area contributed by atoms with E-state index in [1.165, 1.54) is 11.3 Å². The summed E-state index contributed by atoms with van der Waals surface area (Å²) in [6.07, 6.45) is 8.45. The van der Waals surface area contributed by atoms with Crippen molar-refractivity contribution in [2.75, 3.05) is 29.9 Å². The SMILES string of the molecule is O=C(O)C1=CCCC(OCC2CCN(c3ccc(NC(=O)c4nc(-c5ccccc5)cs4)cn3)CC2)=C1. The van der Waals surface area contributed by atoms with Crippen molar-refractivity contribution < 1.29 is 19.4 Å². The van der Waals surface area contributed by atoms with Crippen molar-refractivity contribution in [3.05, 3.63) is 82.5 Å². The van der Waals surface area contributed by atoms with E-state index in [9.17, 15) is 9.59 Å². The van der Waals surface area contributed by atoms with Crippen LogP contribution < -0.4 is 10.2 Å². The van der Waals surface area contributed by atoms with Gasteiger partial charge in [0, 0.05) is 30.5 Å². The molecule has 1 aromatic carbocycles. The van der Waals surface area contributed by atoms with Crippen molar-refractivity contribution in [2.24, 2.45) is 5.92 Å². The molecular weight excluding hydrogens is 488 g/mol. The molecule has 0 atom stereocenters. The lowest BCUT2D eigenvalue weighted by molar-refractivity contribution is -0.132. The molecule has 0 unspecified atom stereocenters. The molecule has 0 spiro atoms. The number of anilines is 2. The van der Waals surface area contributed by atoms with Crippen molar-refractivity contribution in [1.29, 1.82) is 0 Å². The van der Waals surface area contributed by atoms with Gasteiger partial charge in [0.15, 0.2) is 5.01 Å². The summed E-state index contributed by atoms with van der Waals surface area (Å²) in [5.41, 5.74) is 2.71. The molecule has 1 amide bonds. The molecule has 3 aromatic rings. The molecule has 2 aliphatic rings. The van der Waals surface area contributed by atoms with Gasteiger partial charge in [0.1, 0.15) is 5.82 Å². The molecule has 0 saturated carbocycles. The molecule has 2 aromatic heterocycles. The van der Waals surface area contributed by atoms with Gasteiger partial charge in [-0.15, -0.1) is 11.3 Å². The van der Waals surface area contributed by atoms with Crippen LogP contribution >= 0.6 is 11.3 Å². The Kier molecular flexibility index (Phi) is 7.60. The van der Waals surface area contributed by atoms with Crippen LogP contribution in [0, 0.1) is 5.92 Å². The number of hydrogen-bond acceptors (Lipinski definition) is 7. The average Bonchev–Trinajstić information content (AvgIpc) is 3.44. The first-order chi connectivity index (χ1) is 18.0. The molecule has 9 heteroatoms. The number of rotatable bonds is 8. The van der Waals surface area contributed by atoms with Crippen molar-refractivity contribution in [3.8, 4) is 11.3 Å². The number of carboxylic acid groups (broad SMARTS) is 1. The summed E-state index contributed by atoms with van der Waals surface area (Å²) in [5, 5.41) is 14.3. The standard InChI is InChI=1S/C28H28N4O4S/c33-26(27-31-24(18-37-27)20-5-2-1-3-6-20)30-22-9-10-25(29-16-22)32-13-11-19(12-14-32)17-36-23-8-4-7-21(15-23)28(34)35/h1-3,5-7,9-10,15-16,18-19H,4,8,11-14,17H2,(H,30,33)(H,34,35). The van der Waals surface area contributed by atoms with Gasteiger partial charge in [-0.3, -0.25) is 4.79 Å². The minimum atomic E-state index is -0.910. The topological polar surface area (TPSA) is 105 Å². The maximum Gasteiger partial charge on any atom is 0.335 e. The predicted octanol–water partition coefficient (Wildman–Crippen LogP) is 5.38. The Morgan fingerprint density at radius 2 is 1.95 bits per heavy atom. The number of carboxylic acids is 1. The third-order valence-corrected chi connectivity index (χ3v) is 7.38. The fourth-order valence-corrected chi connectivity index (χ4v) is 5.16. The number of nitrogens with zero attached hydrogens (tertiary/aromatic N) is 3. The molecule has 0 bridgehead atoms. The van der Waals surface area contributed by atoms with E-state index >= 15 is 0 Å². The van der Waals surface area contributed by atoms with Gasteiger partial charge in [-0.1, -0.05) is 36.4 Å². The summed E-state index contributed by atoms with van der Waals surface area (Å²) in [6.45, 7) is 2.34. The van der Waals surface area contributed by atoms with Crippen LogP contribution in [0.1, 0.15) is 35.5 Å². The van der Waals surface area contributed by atoms with Gasteiger partial charge in [-0.2, -0.15) is 0 Å². The van der Waals surface area contributed by atoms with Gasteiger partial charge in [-0.25, -0.2) is 14.8 Å². The highest BCUT2D eigenvalue weighted by Crippen LogP contribution is 2.26. The van der Waals surface area contributed by atoms with Crippen LogP contribution in [0.3, 0.4) is 0 Å². The summed E-state index contributed by atoms with van der Waals surface area (Å²) >= 11 is 1.32. The van der Waals surface area contributed by atoms with Gasteiger partial charge < -0.3 is 20.1 Å². The maximum absolute atomic E-state index is 12.7. The minimum absolute atomic E-state index is 0.249. The monoisotopic (exact) mass is 516 g/mol. The first kappa shape index (κ1) is 24.7. The van der Waals surface area contributed by atoms with E-state index < -0.39 is 5.97 Å². The first-order valence-electron chi connectivity index (χ1n) is 12.4. The molecule has 1 fully saturated rings. The van der Waals surface area contributed by atoms with Crippen LogP contribution in [0.25, 0.3) is 11.3 Å². The predicted molar refractivity (Wildman–Crippen MR) is 144 cm³/mol. The fourth-order valence-electron chi connectivity index (χ4n) is 4.44. The van der Waals surface area contributed by atoms with E-state index in [1.54, 1.807) is 18.3 Å². The molecule has 37 heavy (non-hydrogen) atoms. The largest absolute Gasteiger partial charge is 0.498 e. The molecule has 0 radical (unpaired) electrons. The number of aromatic nitrogens is 2. The van der Waals surface area contributed by atoms with E-state index in [0.717, 1.165) is 55.2 Å². The van der Waals surface area contributed by atoms with Crippen LogP contribution in [0.5, 0.6) is 0 Å². The Morgan fingerprint density at radius 3 is 2.68 bits per heavy atom. The molecule has 1 aliphatic carbocycles. The molecule has 1 aliphatic heterocycles. The summed E-state index contributed by atoms with van der Waals surface area (Å²) in [7, 11) is 0. The highest BCUT2D eigenvalue weighted by Gasteiger charge is 2.22. The number of benzene rings is 1. The lowest BCUT2D eigenvalue weighted by Gasteiger charge is -2.33. The summed E-state index contributed by atoms with van der Waals surface area (Å²) in [6, 6.07) is 13.6. The number of amides is 1. The van der Waals surface area contributed by atoms with Crippen molar-refractivity contribution in [1.82, 2.24) is 9.97 Å². The molecule has 8 nitrogen and oxygen atoms in total. The Labute approximate surface area is 219 Å². The Hall–Kier alpha value is -3.98. The number of aliphatic carboxylic acids is 1. The second kappa shape index (κ2) is 11.4.